The smallest absolute Gasteiger partial charge is 0.240 e. The standard InChI is InChI=1S/C22H25N5OS/c1-4-8-18-24-25-22-27(18)26-19(16-9-6-5-7-10-16)20(29-22)21(28)23-17-12-11-14(2)15(3)13-17/h5-7,9-13,19-20,26H,4,8H2,1-3H3,(H,23,28)/t19-,20+/m1/s1. The Morgan fingerprint density at radius 1 is 1.14 bits per heavy atom. The van der Waals surface area contributed by atoms with Crippen LogP contribution in [0.25, 0.3) is 0 Å². The molecule has 1 aliphatic heterocycles. The van der Waals surface area contributed by atoms with Crippen molar-refractivity contribution in [2.75, 3.05) is 10.7 Å². The summed E-state index contributed by atoms with van der Waals surface area (Å²) in [6, 6.07) is 15.9. The Hall–Kier alpha value is -2.80. The average Bonchev–Trinajstić information content (AvgIpc) is 3.13. The molecule has 0 saturated carbocycles. The number of aryl methyl sites for hydroxylation is 3. The van der Waals surface area contributed by atoms with Crippen molar-refractivity contribution in [1.29, 1.82) is 0 Å². The monoisotopic (exact) mass is 407 g/mol. The van der Waals surface area contributed by atoms with Gasteiger partial charge in [-0.2, -0.15) is 0 Å². The Morgan fingerprint density at radius 3 is 2.66 bits per heavy atom. The minimum atomic E-state index is -0.370. The van der Waals surface area contributed by atoms with Crippen molar-refractivity contribution >= 4 is 23.4 Å². The predicted octanol–water partition coefficient (Wildman–Crippen LogP) is 4.25. The van der Waals surface area contributed by atoms with Crippen LogP contribution in [0.3, 0.4) is 0 Å². The normalized spacial score (nSPS) is 18.0. The third-order valence-electron chi connectivity index (χ3n) is 5.17. The topological polar surface area (TPSA) is 71.8 Å². The van der Waals surface area contributed by atoms with Crippen LogP contribution in [0, 0.1) is 13.8 Å². The summed E-state index contributed by atoms with van der Waals surface area (Å²) in [4.78, 5) is 13.3. The number of amides is 1. The van der Waals surface area contributed by atoms with Crippen LogP contribution in [0.15, 0.2) is 53.7 Å². The van der Waals surface area contributed by atoms with Crippen LogP contribution in [0.1, 0.15) is 41.9 Å². The predicted molar refractivity (Wildman–Crippen MR) is 117 cm³/mol. The van der Waals surface area contributed by atoms with E-state index < -0.39 is 0 Å². The number of carbonyl (C=O) groups excluding carboxylic acids is 1. The highest BCUT2D eigenvalue weighted by Gasteiger charge is 2.37. The van der Waals surface area contributed by atoms with E-state index in [0.29, 0.717) is 0 Å². The highest BCUT2D eigenvalue weighted by Crippen LogP contribution is 2.37. The zero-order valence-electron chi connectivity index (χ0n) is 16.8. The van der Waals surface area contributed by atoms with Gasteiger partial charge in [-0.05, 0) is 49.1 Å². The molecule has 150 valence electrons. The first-order valence-corrected chi connectivity index (χ1v) is 10.8. The van der Waals surface area contributed by atoms with E-state index in [4.69, 9.17) is 0 Å². The number of nitrogens with one attached hydrogen (secondary N) is 2. The van der Waals surface area contributed by atoms with Gasteiger partial charge in [-0.3, -0.25) is 4.79 Å². The number of fused-ring (bicyclic) bond motifs is 1. The minimum absolute atomic E-state index is 0.0501. The maximum atomic E-state index is 13.3. The summed E-state index contributed by atoms with van der Waals surface area (Å²) in [5.74, 6) is 0.842. The lowest BCUT2D eigenvalue weighted by molar-refractivity contribution is -0.116. The van der Waals surface area contributed by atoms with Crippen molar-refractivity contribution in [3.8, 4) is 0 Å². The summed E-state index contributed by atoms with van der Waals surface area (Å²) in [7, 11) is 0. The maximum absolute atomic E-state index is 13.3. The van der Waals surface area contributed by atoms with Gasteiger partial charge in [0.05, 0.1) is 6.04 Å². The van der Waals surface area contributed by atoms with Gasteiger partial charge in [0.15, 0.2) is 5.82 Å². The number of thioether (sulfide) groups is 1. The number of hydrogen-bond acceptors (Lipinski definition) is 5. The Balaban J connectivity index is 1.65. The molecule has 2 heterocycles. The first kappa shape index (κ1) is 19.5. The zero-order chi connectivity index (χ0) is 20.4. The van der Waals surface area contributed by atoms with Crippen LogP contribution in [-0.4, -0.2) is 26.0 Å². The highest BCUT2D eigenvalue weighted by atomic mass is 32.2. The van der Waals surface area contributed by atoms with E-state index in [1.165, 1.54) is 17.3 Å². The van der Waals surface area contributed by atoms with E-state index in [1.807, 2.05) is 60.1 Å². The number of hydrogen-bond donors (Lipinski definition) is 2. The third kappa shape index (κ3) is 4.00. The molecule has 1 aromatic heterocycles. The summed E-state index contributed by atoms with van der Waals surface area (Å²) in [6.07, 6.45) is 1.82. The lowest BCUT2D eigenvalue weighted by atomic mass is 10.0. The molecule has 0 unspecified atom stereocenters. The van der Waals surface area contributed by atoms with Gasteiger partial charge in [0.1, 0.15) is 5.25 Å². The Morgan fingerprint density at radius 2 is 1.93 bits per heavy atom. The molecule has 1 aliphatic rings. The molecule has 2 N–H and O–H groups in total. The van der Waals surface area contributed by atoms with Gasteiger partial charge in [0, 0.05) is 12.1 Å². The van der Waals surface area contributed by atoms with Crippen molar-refractivity contribution < 1.29 is 4.79 Å². The van der Waals surface area contributed by atoms with Gasteiger partial charge in [-0.1, -0.05) is 55.1 Å². The van der Waals surface area contributed by atoms with Crippen molar-refractivity contribution in [3.63, 3.8) is 0 Å². The number of aromatic nitrogens is 3. The summed E-state index contributed by atoms with van der Waals surface area (Å²) < 4.78 is 1.94. The van der Waals surface area contributed by atoms with Crippen LogP contribution in [0.4, 0.5) is 5.69 Å². The number of nitrogens with zero attached hydrogens (tertiary/aromatic N) is 3. The molecular weight excluding hydrogens is 382 g/mol. The summed E-state index contributed by atoms with van der Waals surface area (Å²) in [5, 5.41) is 12.1. The molecule has 0 aliphatic carbocycles. The summed E-state index contributed by atoms with van der Waals surface area (Å²) in [5.41, 5.74) is 7.72. The molecule has 3 aromatic rings. The van der Waals surface area contributed by atoms with Crippen molar-refractivity contribution in [3.05, 3.63) is 71.0 Å². The summed E-state index contributed by atoms with van der Waals surface area (Å²) >= 11 is 1.46. The van der Waals surface area contributed by atoms with Crippen LogP contribution in [0.2, 0.25) is 0 Å². The average molecular weight is 408 g/mol. The molecule has 0 fully saturated rings. The Labute approximate surface area is 175 Å². The molecule has 0 spiro atoms. The Kier molecular flexibility index (Phi) is 5.58. The molecule has 0 bridgehead atoms. The van der Waals surface area contributed by atoms with Crippen LogP contribution >= 0.6 is 11.8 Å². The first-order chi connectivity index (χ1) is 14.1. The molecule has 2 atom stereocenters. The molecule has 29 heavy (non-hydrogen) atoms. The first-order valence-electron chi connectivity index (χ1n) is 9.87. The molecule has 6 nitrogen and oxygen atoms in total. The van der Waals surface area contributed by atoms with Gasteiger partial charge < -0.3 is 10.7 Å². The van der Waals surface area contributed by atoms with Crippen molar-refractivity contribution in [1.82, 2.24) is 14.9 Å². The fourth-order valence-corrected chi connectivity index (χ4v) is 4.53. The SMILES string of the molecule is CCCc1nnc2n1N[C@H](c1ccccc1)[C@@H](C(=O)Nc1ccc(C)c(C)c1)S2. The van der Waals surface area contributed by atoms with Gasteiger partial charge >= 0.3 is 0 Å². The fourth-order valence-electron chi connectivity index (χ4n) is 3.43. The van der Waals surface area contributed by atoms with Crippen LogP contribution < -0.4 is 10.7 Å². The highest BCUT2D eigenvalue weighted by molar-refractivity contribution is 8.00. The lowest BCUT2D eigenvalue weighted by Gasteiger charge is -2.33. The molecule has 2 aromatic carbocycles. The van der Waals surface area contributed by atoms with Gasteiger partial charge in [0.2, 0.25) is 11.1 Å². The number of anilines is 1. The molecule has 4 rings (SSSR count). The van der Waals surface area contributed by atoms with E-state index in [0.717, 1.165) is 40.6 Å². The van der Waals surface area contributed by atoms with E-state index >= 15 is 0 Å². The summed E-state index contributed by atoms with van der Waals surface area (Å²) in [6.45, 7) is 6.23. The quantitative estimate of drug-likeness (QED) is 0.662. The molecule has 0 radical (unpaired) electrons. The number of benzene rings is 2. The van der Waals surface area contributed by atoms with E-state index in [1.54, 1.807) is 0 Å². The van der Waals surface area contributed by atoms with Crippen LogP contribution in [0.5, 0.6) is 0 Å². The van der Waals surface area contributed by atoms with Crippen molar-refractivity contribution in [2.24, 2.45) is 0 Å². The molecule has 1 amide bonds. The van der Waals surface area contributed by atoms with E-state index in [2.05, 4.69) is 34.8 Å². The van der Waals surface area contributed by atoms with E-state index in [9.17, 15) is 4.79 Å². The third-order valence-corrected chi connectivity index (χ3v) is 6.38. The van der Waals surface area contributed by atoms with Crippen molar-refractivity contribution in [2.45, 2.75) is 50.1 Å². The minimum Gasteiger partial charge on any atom is -0.325 e. The Bertz CT molecular complexity index is 1020. The number of carbonyl (C=O) groups is 1. The second kappa shape index (κ2) is 8.29. The molecule has 0 saturated heterocycles. The molecular formula is C22H25N5OS. The van der Waals surface area contributed by atoms with Gasteiger partial charge in [0.25, 0.3) is 0 Å². The zero-order valence-corrected chi connectivity index (χ0v) is 17.7. The maximum Gasteiger partial charge on any atom is 0.240 e. The molecule has 7 heteroatoms. The second-order valence-corrected chi connectivity index (χ2v) is 8.44. The van der Waals surface area contributed by atoms with Crippen LogP contribution in [-0.2, 0) is 11.2 Å². The lowest BCUT2D eigenvalue weighted by Crippen LogP contribution is -2.41. The van der Waals surface area contributed by atoms with Gasteiger partial charge in [-0.25, -0.2) is 4.68 Å². The van der Waals surface area contributed by atoms with E-state index in [-0.39, 0.29) is 17.2 Å². The van der Waals surface area contributed by atoms with Gasteiger partial charge in [-0.15, -0.1) is 10.2 Å². The number of rotatable bonds is 5. The second-order valence-electron chi connectivity index (χ2n) is 7.33. The fraction of sp³-hybridized carbons (Fsp3) is 0.318. The largest absolute Gasteiger partial charge is 0.325 e.